The first-order valence-electron chi connectivity index (χ1n) is 7.11. The molecule has 1 fully saturated rings. The highest BCUT2D eigenvalue weighted by molar-refractivity contribution is 5.92. The largest absolute Gasteiger partial charge is 0.483 e. The number of anilines is 1. The van der Waals surface area contributed by atoms with Crippen molar-refractivity contribution in [1.29, 1.82) is 0 Å². The van der Waals surface area contributed by atoms with E-state index in [1.165, 1.54) is 12.1 Å². The number of hydrogen-bond donors (Lipinski definition) is 2. The number of rotatable bonds is 4. The van der Waals surface area contributed by atoms with Crippen molar-refractivity contribution in [3.05, 3.63) is 23.8 Å². The van der Waals surface area contributed by atoms with Crippen LogP contribution in [0.2, 0.25) is 0 Å². The topological polar surface area (TPSA) is 92.9 Å². The summed E-state index contributed by atoms with van der Waals surface area (Å²) in [5.41, 5.74) is 5.88. The van der Waals surface area contributed by atoms with Crippen LogP contribution in [0.3, 0.4) is 0 Å². The third-order valence-corrected chi connectivity index (χ3v) is 3.54. The second kappa shape index (κ2) is 6.97. The SMILES string of the molecule is Nc1ccc(OCC(=O)N2CCCCCC2)c(C(=O)O)c1. The van der Waals surface area contributed by atoms with Gasteiger partial charge < -0.3 is 20.5 Å². The second-order valence-electron chi connectivity index (χ2n) is 5.14. The van der Waals surface area contributed by atoms with Gasteiger partial charge in [0.1, 0.15) is 11.3 Å². The molecule has 6 heteroatoms. The van der Waals surface area contributed by atoms with Crippen LogP contribution in [0.5, 0.6) is 5.75 Å². The predicted molar refractivity (Wildman–Crippen MR) is 78.4 cm³/mol. The van der Waals surface area contributed by atoms with Crippen LogP contribution in [0.15, 0.2) is 18.2 Å². The van der Waals surface area contributed by atoms with E-state index in [-0.39, 0.29) is 23.8 Å². The molecule has 0 unspecified atom stereocenters. The van der Waals surface area contributed by atoms with Crippen LogP contribution < -0.4 is 10.5 Å². The fourth-order valence-corrected chi connectivity index (χ4v) is 2.39. The first-order valence-corrected chi connectivity index (χ1v) is 7.11. The fourth-order valence-electron chi connectivity index (χ4n) is 2.39. The van der Waals surface area contributed by atoms with Gasteiger partial charge in [-0.15, -0.1) is 0 Å². The number of carbonyl (C=O) groups is 2. The van der Waals surface area contributed by atoms with Crippen LogP contribution >= 0.6 is 0 Å². The van der Waals surface area contributed by atoms with Crippen LogP contribution in [0.25, 0.3) is 0 Å². The van der Waals surface area contributed by atoms with E-state index < -0.39 is 5.97 Å². The minimum Gasteiger partial charge on any atom is -0.483 e. The molecule has 0 aliphatic carbocycles. The average Bonchev–Trinajstić information content (AvgIpc) is 2.74. The maximum atomic E-state index is 12.1. The molecule has 6 nitrogen and oxygen atoms in total. The molecule has 1 aromatic rings. The van der Waals surface area contributed by atoms with Crippen molar-refractivity contribution in [3.8, 4) is 5.75 Å². The molecule has 0 atom stereocenters. The van der Waals surface area contributed by atoms with Crippen molar-refractivity contribution in [2.75, 3.05) is 25.4 Å². The van der Waals surface area contributed by atoms with Gasteiger partial charge in [0.15, 0.2) is 6.61 Å². The highest BCUT2D eigenvalue weighted by Crippen LogP contribution is 2.21. The van der Waals surface area contributed by atoms with Gasteiger partial charge in [-0.2, -0.15) is 0 Å². The summed E-state index contributed by atoms with van der Waals surface area (Å²) in [6.07, 6.45) is 4.31. The summed E-state index contributed by atoms with van der Waals surface area (Å²) >= 11 is 0. The quantitative estimate of drug-likeness (QED) is 0.825. The number of carbonyl (C=O) groups excluding carboxylic acids is 1. The molecule has 0 saturated carbocycles. The first-order chi connectivity index (χ1) is 10.1. The normalized spacial score (nSPS) is 15.3. The number of amides is 1. The smallest absolute Gasteiger partial charge is 0.339 e. The number of nitrogen functional groups attached to an aromatic ring is 1. The molecule has 0 radical (unpaired) electrons. The van der Waals surface area contributed by atoms with Crippen LogP contribution in [0.1, 0.15) is 36.0 Å². The van der Waals surface area contributed by atoms with Gasteiger partial charge in [0.2, 0.25) is 0 Å². The highest BCUT2D eigenvalue weighted by atomic mass is 16.5. The molecular formula is C15H20N2O4. The molecule has 0 spiro atoms. The molecule has 0 bridgehead atoms. The molecule has 3 N–H and O–H groups in total. The summed E-state index contributed by atoms with van der Waals surface area (Å²) in [5, 5.41) is 9.11. The number of likely N-dealkylation sites (tertiary alicyclic amines) is 1. The fraction of sp³-hybridized carbons (Fsp3) is 0.467. The van der Waals surface area contributed by atoms with Gasteiger partial charge in [-0.05, 0) is 31.0 Å². The Kier molecular flexibility index (Phi) is 5.03. The Bertz CT molecular complexity index is 522. The Balaban J connectivity index is 1.99. The molecule has 1 aliphatic heterocycles. The van der Waals surface area contributed by atoms with Crippen LogP contribution in [-0.4, -0.2) is 41.6 Å². The van der Waals surface area contributed by atoms with Crippen LogP contribution in [0, 0.1) is 0 Å². The lowest BCUT2D eigenvalue weighted by Gasteiger charge is -2.20. The van der Waals surface area contributed by atoms with E-state index in [2.05, 4.69) is 0 Å². The molecule has 21 heavy (non-hydrogen) atoms. The van der Waals surface area contributed by atoms with Gasteiger partial charge in [0.25, 0.3) is 5.91 Å². The molecule has 0 aromatic heterocycles. The van der Waals surface area contributed by atoms with Crippen molar-refractivity contribution in [2.45, 2.75) is 25.7 Å². The lowest BCUT2D eigenvalue weighted by atomic mass is 10.2. The molecule has 1 heterocycles. The van der Waals surface area contributed by atoms with Crippen molar-refractivity contribution in [2.24, 2.45) is 0 Å². The molecule has 2 rings (SSSR count). The number of carboxylic acids is 1. The predicted octanol–water partition coefficient (Wildman–Crippen LogP) is 1.75. The number of aromatic carboxylic acids is 1. The molecule has 1 aromatic carbocycles. The van der Waals surface area contributed by atoms with Gasteiger partial charge in [-0.25, -0.2) is 4.79 Å². The van der Waals surface area contributed by atoms with Crippen molar-refractivity contribution >= 4 is 17.6 Å². The summed E-state index contributed by atoms with van der Waals surface area (Å²) in [5.74, 6) is -1.07. The van der Waals surface area contributed by atoms with Gasteiger partial charge >= 0.3 is 5.97 Å². The molecule has 1 saturated heterocycles. The average molecular weight is 292 g/mol. The van der Waals surface area contributed by atoms with Crippen molar-refractivity contribution in [3.63, 3.8) is 0 Å². The lowest BCUT2D eigenvalue weighted by molar-refractivity contribution is -0.133. The number of hydrogen-bond acceptors (Lipinski definition) is 4. The van der Waals surface area contributed by atoms with E-state index in [1.807, 2.05) is 0 Å². The monoisotopic (exact) mass is 292 g/mol. The van der Waals surface area contributed by atoms with Crippen molar-refractivity contribution < 1.29 is 19.4 Å². The minimum atomic E-state index is -1.13. The summed E-state index contributed by atoms with van der Waals surface area (Å²) in [4.78, 5) is 25.0. The standard InChI is InChI=1S/C15H20N2O4/c16-11-5-6-13(12(9-11)15(19)20)21-10-14(18)17-7-3-1-2-4-8-17/h5-6,9H,1-4,7-8,10,16H2,(H,19,20). The minimum absolute atomic E-state index is 0.0290. The number of ether oxygens (including phenoxy) is 1. The summed E-state index contributed by atoms with van der Waals surface area (Å²) in [6, 6.07) is 4.36. The maximum absolute atomic E-state index is 12.1. The third kappa shape index (κ3) is 4.11. The van der Waals surface area contributed by atoms with Gasteiger partial charge in [-0.3, -0.25) is 4.79 Å². The number of nitrogens with zero attached hydrogens (tertiary/aromatic N) is 1. The Morgan fingerprint density at radius 3 is 2.48 bits per heavy atom. The van der Waals surface area contributed by atoms with E-state index in [4.69, 9.17) is 15.6 Å². The number of benzene rings is 1. The number of carboxylic acid groups (broad SMARTS) is 1. The lowest BCUT2D eigenvalue weighted by Crippen LogP contribution is -2.35. The molecule has 1 amide bonds. The van der Waals surface area contributed by atoms with Crippen molar-refractivity contribution in [1.82, 2.24) is 4.90 Å². The summed E-state index contributed by atoms with van der Waals surface area (Å²) < 4.78 is 5.38. The summed E-state index contributed by atoms with van der Waals surface area (Å²) in [6.45, 7) is 1.34. The molecule has 114 valence electrons. The van der Waals surface area contributed by atoms with E-state index in [0.29, 0.717) is 5.69 Å². The Hall–Kier alpha value is -2.24. The van der Waals surface area contributed by atoms with Crippen LogP contribution in [0.4, 0.5) is 5.69 Å². The molecular weight excluding hydrogens is 272 g/mol. The van der Waals surface area contributed by atoms with Gasteiger partial charge in [0, 0.05) is 18.8 Å². The van der Waals surface area contributed by atoms with Gasteiger partial charge in [0.05, 0.1) is 0 Å². The molecule has 1 aliphatic rings. The zero-order chi connectivity index (χ0) is 15.2. The summed E-state index contributed by atoms with van der Waals surface area (Å²) in [7, 11) is 0. The zero-order valence-electron chi connectivity index (χ0n) is 11.9. The van der Waals surface area contributed by atoms with E-state index >= 15 is 0 Å². The second-order valence-corrected chi connectivity index (χ2v) is 5.14. The maximum Gasteiger partial charge on any atom is 0.339 e. The zero-order valence-corrected chi connectivity index (χ0v) is 11.9. The van der Waals surface area contributed by atoms with E-state index in [9.17, 15) is 9.59 Å². The van der Waals surface area contributed by atoms with E-state index in [1.54, 1.807) is 11.0 Å². The number of nitrogens with two attached hydrogens (primary N) is 1. The van der Waals surface area contributed by atoms with Gasteiger partial charge in [-0.1, -0.05) is 12.8 Å². The highest BCUT2D eigenvalue weighted by Gasteiger charge is 2.18. The Morgan fingerprint density at radius 1 is 1.19 bits per heavy atom. The third-order valence-electron chi connectivity index (χ3n) is 3.54. The van der Waals surface area contributed by atoms with E-state index in [0.717, 1.165) is 38.8 Å². The Morgan fingerprint density at radius 2 is 1.86 bits per heavy atom. The van der Waals surface area contributed by atoms with Crippen LogP contribution in [-0.2, 0) is 4.79 Å². The Labute approximate surface area is 123 Å². The first kappa shape index (κ1) is 15.2.